The fourth-order valence-electron chi connectivity index (χ4n) is 3.68. The Hall–Kier alpha value is -2.00. The maximum atomic E-state index is 12.2. The van der Waals surface area contributed by atoms with Gasteiger partial charge in [0, 0.05) is 32.1 Å². The molecule has 138 valence electrons. The number of nitrogens with one attached hydrogen (secondary N) is 2. The Morgan fingerprint density at radius 1 is 1.44 bits per heavy atom. The Balaban J connectivity index is 1.46. The van der Waals surface area contributed by atoms with Crippen molar-refractivity contribution < 1.29 is 14.7 Å². The van der Waals surface area contributed by atoms with Crippen LogP contribution in [0.1, 0.15) is 32.1 Å². The number of amides is 2. The smallest absolute Gasteiger partial charge is 0.234 e. The second-order valence-corrected chi connectivity index (χ2v) is 6.75. The second-order valence-electron chi connectivity index (χ2n) is 6.75. The van der Waals surface area contributed by atoms with Crippen LogP contribution in [-0.2, 0) is 16.1 Å². The number of hydrogen-bond donors (Lipinski definition) is 3. The molecule has 0 bridgehead atoms. The third kappa shape index (κ3) is 4.76. The van der Waals surface area contributed by atoms with E-state index in [4.69, 9.17) is 0 Å². The molecule has 9 heteroatoms. The Morgan fingerprint density at radius 3 is 3.08 bits per heavy atom. The minimum atomic E-state index is -0.640. The molecule has 1 aliphatic heterocycles. The molecule has 2 heterocycles. The van der Waals surface area contributed by atoms with Gasteiger partial charge in [0.15, 0.2) is 0 Å². The Bertz CT molecular complexity index is 578. The van der Waals surface area contributed by atoms with E-state index in [1.807, 2.05) is 4.90 Å². The molecule has 1 aromatic heterocycles. The summed E-state index contributed by atoms with van der Waals surface area (Å²) in [4.78, 5) is 29.7. The molecule has 1 aromatic rings. The third-order valence-corrected chi connectivity index (χ3v) is 4.96. The van der Waals surface area contributed by atoms with Crippen LogP contribution in [0.2, 0.25) is 0 Å². The number of hydrogen-bond acceptors (Lipinski definition) is 6. The molecule has 25 heavy (non-hydrogen) atoms. The van der Waals surface area contributed by atoms with Crippen molar-refractivity contribution in [3.8, 4) is 0 Å². The maximum absolute atomic E-state index is 12.2. The number of carbonyl (C=O) groups excluding carboxylic acids is 2. The van der Waals surface area contributed by atoms with E-state index in [0.29, 0.717) is 32.5 Å². The highest BCUT2D eigenvalue weighted by molar-refractivity contribution is 5.78. The molecule has 1 saturated heterocycles. The summed E-state index contributed by atoms with van der Waals surface area (Å²) in [6, 6.07) is -0.317. The van der Waals surface area contributed by atoms with Crippen molar-refractivity contribution in [3.63, 3.8) is 0 Å². The number of aryl methyl sites for hydroxylation is 1. The zero-order valence-electron chi connectivity index (χ0n) is 14.3. The SMILES string of the molecule is O=C1CN([C@@H]2CCC[C@@H](NC(=O)CCCn3cncn3)[C@H]2O)CCN1. The summed E-state index contributed by atoms with van der Waals surface area (Å²) in [6.45, 7) is 2.32. The fraction of sp³-hybridized carbons (Fsp3) is 0.750. The van der Waals surface area contributed by atoms with Crippen molar-refractivity contribution in [1.29, 1.82) is 0 Å². The number of aliphatic hydroxyl groups is 1. The predicted molar refractivity (Wildman–Crippen MR) is 89.4 cm³/mol. The van der Waals surface area contributed by atoms with E-state index in [0.717, 1.165) is 25.8 Å². The van der Waals surface area contributed by atoms with Gasteiger partial charge in [0.25, 0.3) is 0 Å². The molecular formula is C16H26N6O3. The summed E-state index contributed by atoms with van der Waals surface area (Å²) < 4.78 is 1.69. The molecule has 2 amide bonds. The van der Waals surface area contributed by atoms with Gasteiger partial charge in [-0.2, -0.15) is 5.10 Å². The highest BCUT2D eigenvalue weighted by Gasteiger charge is 2.37. The van der Waals surface area contributed by atoms with Crippen LogP contribution in [0.5, 0.6) is 0 Å². The lowest BCUT2D eigenvalue weighted by molar-refractivity contribution is -0.128. The van der Waals surface area contributed by atoms with Crippen molar-refractivity contribution in [3.05, 3.63) is 12.7 Å². The first-order chi connectivity index (χ1) is 12.1. The molecule has 0 unspecified atom stereocenters. The summed E-state index contributed by atoms with van der Waals surface area (Å²) in [6.07, 6.45) is 6.08. The molecular weight excluding hydrogens is 324 g/mol. The molecule has 2 aliphatic rings. The van der Waals surface area contributed by atoms with Gasteiger partial charge >= 0.3 is 0 Å². The summed E-state index contributed by atoms with van der Waals surface area (Å²) in [5.41, 5.74) is 0. The zero-order valence-corrected chi connectivity index (χ0v) is 14.3. The van der Waals surface area contributed by atoms with E-state index in [2.05, 4.69) is 20.7 Å². The number of rotatable bonds is 6. The van der Waals surface area contributed by atoms with E-state index < -0.39 is 6.10 Å². The molecule has 9 nitrogen and oxygen atoms in total. The first kappa shape index (κ1) is 17.8. The maximum Gasteiger partial charge on any atom is 0.234 e. The zero-order chi connectivity index (χ0) is 17.6. The highest BCUT2D eigenvalue weighted by atomic mass is 16.3. The minimum Gasteiger partial charge on any atom is -0.389 e. The summed E-state index contributed by atoms with van der Waals surface area (Å²) in [5, 5.41) is 20.5. The number of aliphatic hydroxyl groups excluding tert-OH is 1. The molecule has 0 radical (unpaired) electrons. The van der Waals surface area contributed by atoms with Crippen molar-refractivity contribution in [2.24, 2.45) is 0 Å². The van der Waals surface area contributed by atoms with Crippen LogP contribution in [0.15, 0.2) is 12.7 Å². The van der Waals surface area contributed by atoms with E-state index in [-0.39, 0.29) is 23.9 Å². The lowest BCUT2D eigenvalue weighted by Gasteiger charge is -2.42. The average Bonchev–Trinajstić information content (AvgIpc) is 3.10. The van der Waals surface area contributed by atoms with Gasteiger partial charge in [0.05, 0.1) is 18.7 Å². The van der Waals surface area contributed by atoms with Crippen molar-refractivity contribution in [2.45, 2.75) is 56.8 Å². The van der Waals surface area contributed by atoms with Gasteiger partial charge in [-0.25, -0.2) is 4.98 Å². The number of nitrogens with zero attached hydrogens (tertiary/aromatic N) is 4. The van der Waals surface area contributed by atoms with E-state index in [9.17, 15) is 14.7 Å². The fourth-order valence-corrected chi connectivity index (χ4v) is 3.68. The quantitative estimate of drug-likeness (QED) is 0.600. The van der Waals surface area contributed by atoms with E-state index >= 15 is 0 Å². The summed E-state index contributed by atoms with van der Waals surface area (Å²) >= 11 is 0. The number of aromatic nitrogens is 3. The molecule has 3 N–H and O–H groups in total. The number of carbonyl (C=O) groups is 2. The van der Waals surface area contributed by atoms with Gasteiger partial charge in [-0.3, -0.25) is 19.2 Å². The standard InChI is InChI=1S/C16H26N6O3/c23-14(5-2-7-22-11-17-10-19-22)20-12-3-1-4-13(16(12)25)21-8-6-18-15(24)9-21/h10-13,16,25H,1-9H2,(H,18,24)(H,20,23)/t12-,13-,16-/m1/s1. The topological polar surface area (TPSA) is 112 Å². The third-order valence-electron chi connectivity index (χ3n) is 4.96. The van der Waals surface area contributed by atoms with Gasteiger partial charge < -0.3 is 15.7 Å². The Labute approximate surface area is 146 Å². The normalized spacial score (nSPS) is 27.7. The average molecular weight is 350 g/mol. The van der Waals surface area contributed by atoms with Crippen molar-refractivity contribution in [1.82, 2.24) is 30.3 Å². The second kappa shape index (κ2) is 8.39. The largest absolute Gasteiger partial charge is 0.389 e. The van der Waals surface area contributed by atoms with E-state index in [1.165, 1.54) is 6.33 Å². The lowest BCUT2D eigenvalue weighted by Crippen LogP contribution is -2.60. The van der Waals surface area contributed by atoms with Gasteiger partial charge in [0.2, 0.25) is 11.8 Å². The van der Waals surface area contributed by atoms with Crippen LogP contribution in [-0.4, -0.2) is 74.4 Å². The summed E-state index contributed by atoms with van der Waals surface area (Å²) in [5.74, 6) is -0.0566. The van der Waals surface area contributed by atoms with Crippen molar-refractivity contribution >= 4 is 11.8 Å². The van der Waals surface area contributed by atoms with Crippen LogP contribution in [0.3, 0.4) is 0 Å². The van der Waals surface area contributed by atoms with E-state index in [1.54, 1.807) is 11.0 Å². The van der Waals surface area contributed by atoms with Crippen LogP contribution in [0.4, 0.5) is 0 Å². The minimum absolute atomic E-state index is 0.00211. The monoisotopic (exact) mass is 350 g/mol. The predicted octanol–water partition coefficient (Wildman–Crippen LogP) is -1.11. The number of piperazine rings is 1. The van der Waals surface area contributed by atoms with Gasteiger partial charge in [-0.15, -0.1) is 0 Å². The highest BCUT2D eigenvalue weighted by Crippen LogP contribution is 2.24. The molecule has 2 fully saturated rings. The van der Waals surface area contributed by atoms with Crippen LogP contribution in [0.25, 0.3) is 0 Å². The van der Waals surface area contributed by atoms with Gasteiger partial charge in [0.1, 0.15) is 12.7 Å². The molecule has 0 aromatic carbocycles. The molecule has 3 rings (SSSR count). The molecule has 1 aliphatic carbocycles. The Kier molecular flexibility index (Phi) is 5.98. The van der Waals surface area contributed by atoms with Crippen LogP contribution in [0, 0.1) is 0 Å². The van der Waals surface area contributed by atoms with Crippen molar-refractivity contribution in [2.75, 3.05) is 19.6 Å². The summed E-state index contributed by atoms with van der Waals surface area (Å²) in [7, 11) is 0. The first-order valence-electron chi connectivity index (χ1n) is 8.94. The lowest BCUT2D eigenvalue weighted by atomic mass is 9.86. The van der Waals surface area contributed by atoms with Gasteiger partial charge in [-0.05, 0) is 25.7 Å². The molecule has 0 spiro atoms. The first-order valence-corrected chi connectivity index (χ1v) is 8.94. The van der Waals surface area contributed by atoms with Gasteiger partial charge in [-0.1, -0.05) is 0 Å². The Morgan fingerprint density at radius 2 is 2.32 bits per heavy atom. The molecule has 1 saturated carbocycles. The van der Waals surface area contributed by atoms with Crippen LogP contribution < -0.4 is 10.6 Å². The van der Waals surface area contributed by atoms with Crippen LogP contribution >= 0.6 is 0 Å². The molecule has 3 atom stereocenters.